The number of guanidine groups is 1. The van der Waals surface area contributed by atoms with Gasteiger partial charge in [0.05, 0.1) is 7.11 Å². The Morgan fingerprint density at radius 1 is 1.21 bits per heavy atom. The number of nitrogens with one attached hydrogen (secondary N) is 1. The van der Waals surface area contributed by atoms with Crippen LogP contribution in [0.2, 0.25) is 0 Å². The zero-order valence-corrected chi connectivity index (χ0v) is 16.5. The number of aliphatic imine (C=N–C) groups is 1. The lowest BCUT2D eigenvalue weighted by atomic mass is 10.2. The van der Waals surface area contributed by atoms with E-state index in [9.17, 15) is 13.2 Å². The van der Waals surface area contributed by atoms with Gasteiger partial charge in [0.1, 0.15) is 12.4 Å². The van der Waals surface area contributed by atoms with Crippen LogP contribution in [0.25, 0.3) is 0 Å². The van der Waals surface area contributed by atoms with Gasteiger partial charge in [0.25, 0.3) is 0 Å². The lowest BCUT2D eigenvalue weighted by Crippen LogP contribution is -2.52. The van der Waals surface area contributed by atoms with E-state index in [2.05, 4.69) is 30.9 Å². The van der Waals surface area contributed by atoms with Crippen LogP contribution in [0.3, 0.4) is 0 Å². The molecule has 2 rings (SSSR count). The molecule has 0 amide bonds. The SMILES string of the molecule is CCNC(=NCCCOCC(F)(F)F)N1CCN(c2cccc(OC)c2)CC1. The van der Waals surface area contributed by atoms with Crippen LogP contribution >= 0.6 is 0 Å². The van der Waals surface area contributed by atoms with Gasteiger partial charge in [0, 0.05) is 57.6 Å². The summed E-state index contributed by atoms with van der Waals surface area (Å²) >= 11 is 0. The summed E-state index contributed by atoms with van der Waals surface area (Å²) in [5.41, 5.74) is 1.13. The van der Waals surface area contributed by atoms with Gasteiger partial charge in [-0.25, -0.2) is 0 Å². The second-order valence-electron chi connectivity index (χ2n) is 6.43. The number of hydrogen-bond acceptors (Lipinski definition) is 4. The van der Waals surface area contributed by atoms with E-state index in [4.69, 9.17) is 4.74 Å². The van der Waals surface area contributed by atoms with Crippen LogP contribution in [0.15, 0.2) is 29.3 Å². The number of hydrogen-bond donors (Lipinski definition) is 1. The molecule has 1 aliphatic rings. The van der Waals surface area contributed by atoms with Crippen molar-refractivity contribution in [3.63, 3.8) is 0 Å². The third kappa shape index (κ3) is 7.46. The van der Waals surface area contributed by atoms with E-state index in [-0.39, 0.29) is 6.61 Å². The van der Waals surface area contributed by atoms with Crippen molar-refractivity contribution in [1.82, 2.24) is 10.2 Å². The van der Waals surface area contributed by atoms with Gasteiger partial charge in [-0.1, -0.05) is 6.07 Å². The molecule has 28 heavy (non-hydrogen) atoms. The van der Waals surface area contributed by atoms with Gasteiger partial charge < -0.3 is 24.6 Å². The van der Waals surface area contributed by atoms with Crippen LogP contribution in [-0.4, -0.2) is 76.6 Å². The maximum atomic E-state index is 12.1. The van der Waals surface area contributed by atoms with Gasteiger partial charge in [-0.05, 0) is 25.5 Å². The van der Waals surface area contributed by atoms with Crippen molar-refractivity contribution >= 4 is 11.6 Å². The normalized spacial score (nSPS) is 15.7. The molecular weight excluding hydrogens is 373 g/mol. The van der Waals surface area contributed by atoms with Crippen LogP contribution in [-0.2, 0) is 4.74 Å². The largest absolute Gasteiger partial charge is 0.497 e. The third-order valence-corrected chi connectivity index (χ3v) is 4.31. The molecule has 158 valence electrons. The fraction of sp³-hybridized carbons (Fsp3) is 0.632. The first-order valence-electron chi connectivity index (χ1n) is 9.49. The standard InChI is InChI=1S/C19H29F3N4O2/c1-3-23-18(24-8-5-13-28-15-19(20,21)22)26-11-9-25(10-12-26)16-6-4-7-17(14-16)27-2/h4,6-7,14H,3,5,8-13,15H2,1-2H3,(H,23,24). The molecule has 1 fully saturated rings. The lowest BCUT2D eigenvalue weighted by molar-refractivity contribution is -0.173. The van der Waals surface area contributed by atoms with Gasteiger partial charge in [-0.3, -0.25) is 4.99 Å². The molecule has 1 aromatic carbocycles. The summed E-state index contributed by atoms with van der Waals surface area (Å²) in [6, 6.07) is 8.00. The molecule has 0 atom stereocenters. The van der Waals surface area contributed by atoms with E-state index < -0.39 is 12.8 Å². The molecule has 0 saturated carbocycles. The quantitative estimate of drug-likeness (QED) is 0.412. The molecule has 0 radical (unpaired) electrons. The summed E-state index contributed by atoms with van der Waals surface area (Å²) in [7, 11) is 1.66. The molecule has 0 bridgehead atoms. The average Bonchev–Trinajstić information content (AvgIpc) is 2.69. The second-order valence-corrected chi connectivity index (χ2v) is 6.43. The van der Waals surface area contributed by atoms with E-state index in [0.29, 0.717) is 13.0 Å². The molecular formula is C19H29F3N4O2. The van der Waals surface area contributed by atoms with Gasteiger partial charge in [-0.15, -0.1) is 0 Å². The van der Waals surface area contributed by atoms with Crippen molar-refractivity contribution in [1.29, 1.82) is 0 Å². The molecule has 0 spiro atoms. The van der Waals surface area contributed by atoms with Crippen LogP contribution in [0.1, 0.15) is 13.3 Å². The fourth-order valence-corrected chi connectivity index (χ4v) is 2.95. The van der Waals surface area contributed by atoms with E-state index >= 15 is 0 Å². The Morgan fingerprint density at radius 2 is 1.96 bits per heavy atom. The number of methoxy groups -OCH3 is 1. The summed E-state index contributed by atoms with van der Waals surface area (Å²) in [6.07, 6.45) is -3.82. The predicted octanol–water partition coefficient (Wildman–Crippen LogP) is 2.75. The Labute approximate surface area is 164 Å². The summed E-state index contributed by atoms with van der Waals surface area (Å²) < 4.78 is 46.1. The minimum Gasteiger partial charge on any atom is -0.497 e. The number of benzene rings is 1. The molecule has 1 heterocycles. The van der Waals surface area contributed by atoms with Crippen molar-refractivity contribution in [3.8, 4) is 5.75 Å². The highest BCUT2D eigenvalue weighted by molar-refractivity contribution is 5.80. The third-order valence-electron chi connectivity index (χ3n) is 4.31. The number of piperazine rings is 1. The zero-order valence-electron chi connectivity index (χ0n) is 16.5. The van der Waals surface area contributed by atoms with Crippen LogP contribution in [0.5, 0.6) is 5.75 Å². The molecule has 0 aliphatic carbocycles. The Bertz CT molecular complexity index is 617. The van der Waals surface area contributed by atoms with Crippen molar-refractivity contribution in [2.24, 2.45) is 4.99 Å². The van der Waals surface area contributed by atoms with Gasteiger partial charge in [-0.2, -0.15) is 13.2 Å². The molecule has 1 N–H and O–H groups in total. The van der Waals surface area contributed by atoms with E-state index in [1.54, 1.807) is 7.11 Å². The Morgan fingerprint density at radius 3 is 2.61 bits per heavy atom. The first-order chi connectivity index (χ1) is 13.4. The maximum absolute atomic E-state index is 12.1. The first kappa shape index (κ1) is 22.1. The topological polar surface area (TPSA) is 49.3 Å². The summed E-state index contributed by atoms with van der Waals surface area (Å²) in [6.45, 7) is 5.33. The molecule has 1 aliphatic heterocycles. The van der Waals surface area contributed by atoms with Crippen LogP contribution < -0.4 is 15.0 Å². The van der Waals surface area contributed by atoms with Crippen LogP contribution in [0.4, 0.5) is 18.9 Å². The minimum atomic E-state index is -4.28. The van der Waals surface area contributed by atoms with Crippen LogP contribution in [0, 0.1) is 0 Å². The van der Waals surface area contributed by atoms with E-state index in [1.165, 1.54) is 0 Å². The second kappa shape index (κ2) is 11.0. The number of alkyl halides is 3. The number of ether oxygens (including phenoxy) is 2. The highest BCUT2D eigenvalue weighted by Gasteiger charge is 2.27. The Balaban J connectivity index is 1.81. The highest BCUT2D eigenvalue weighted by atomic mass is 19.4. The number of halogens is 3. The smallest absolute Gasteiger partial charge is 0.411 e. The Kier molecular flexibility index (Phi) is 8.69. The summed E-state index contributed by atoms with van der Waals surface area (Å²) in [5.74, 6) is 1.63. The van der Waals surface area contributed by atoms with Gasteiger partial charge in [0.2, 0.25) is 0 Å². The number of rotatable bonds is 8. The number of nitrogens with zero attached hydrogens (tertiary/aromatic N) is 3. The summed E-state index contributed by atoms with van der Waals surface area (Å²) in [4.78, 5) is 9.00. The van der Waals surface area contributed by atoms with Gasteiger partial charge in [0.15, 0.2) is 5.96 Å². The predicted molar refractivity (Wildman–Crippen MR) is 104 cm³/mol. The molecule has 0 unspecified atom stereocenters. The van der Waals surface area contributed by atoms with Gasteiger partial charge >= 0.3 is 6.18 Å². The van der Waals surface area contributed by atoms with Crippen molar-refractivity contribution in [2.45, 2.75) is 19.5 Å². The Hall–Kier alpha value is -2.16. The van der Waals surface area contributed by atoms with Crippen molar-refractivity contribution in [3.05, 3.63) is 24.3 Å². The average molecular weight is 402 g/mol. The first-order valence-corrected chi connectivity index (χ1v) is 9.49. The molecule has 6 nitrogen and oxygen atoms in total. The lowest BCUT2D eigenvalue weighted by Gasteiger charge is -2.37. The number of anilines is 1. The molecule has 1 aromatic rings. The monoisotopic (exact) mass is 402 g/mol. The van der Waals surface area contributed by atoms with Crippen molar-refractivity contribution < 1.29 is 22.6 Å². The fourth-order valence-electron chi connectivity index (χ4n) is 2.95. The highest BCUT2D eigenvalue weighted by Crippen LogP contribution is 2.22. The maximum Gasteiger partial charge on any atom is 0.411 e. The summed E-state index contributed by atoms with van der Waals surface area (Å²) in [5, 5.41) is 3.26. The molecule has 9 heteroatoms. The van der Waals surface area contributed by atoms with E-state index in [1.807, 2.05) is 25.1 Å². The molecule has 1 saturated heterocycles. The zero-order chi connectivity index (χ0) is 20.4. The van der Waals surface area contributed by atoms with Crippen molar-refractivity contribution in [2.75, 3.05) is 64.5 Å². The molecule has 0 aromatic heterocycles. The minimum absolute atomic E-state index is 0.0477. The van der Waals surface area contributed by atoms with E-state index in [0.717, 1.165) is 50.1 Å².